The Kier molecular flexibility index (Phi) is 5.86. The molecule has 1 aromatic rings. The van der Waals surface area contributed by atoms with Crippen molar-refractivity contribution in [3.05, 3.63) is 34.9 Å². The van der Waals surface area contributed by atoms with Crippen LogP contribution in [-0.4, -0.2) is 18.5 Å². The van der Waals surface area contributed by atoms with Gasteiger partial charge in [0.15, 0.2) is 0 Å². The Morgan fingerprint density at radius 2 is 2.06 bits per heavy atom. The molecule has 0 radical (unpaired) electrons. The van der Waals surface area contributed by atoms with E-state index in [4.69, 9.17) is 0 Å². The van der Waals surface area contributed by atoms with Gasteiger partial charge in [-0.2, -0.15) is 0 Å². The van der Waals surface area contributed by atoms with Crippen molar-refractivity contribution in [2.75, 3.05) is 6.54 Å². The summed E-state index contributed by atoms with van der Waals surface area (Å²) in [4.78, 5) is 11.7. The molecule has 0 aliphatic heterocycles. The molecule has 2 N–H and O–H groups in total. The second-order valence-electron chi connectivity index (χ2n) is 4.75. The van der Waals surface area contributed by atoms with Gasteiger partial charge in [-0.15, -0.1) is 0 Å². The van der Waals surface area contributed by atoms with Crippen LogP contribution in [0.5, 0.6) is 0 Å². The minimum Gasteiger partial charge on any atom is -0.355 e. The number of amides is 1. The van der Waals surface area contributed by atoms with Crippen molar-refractivity contribution in [2.24, 2.45) is 0 Å². The summed E-state index contributed by atoms with van der Waals surface area (Å²) in [5.41, 5.74) is 3.84. The third-order valence-electron chi connectivity index (χ3n) is 3.26. The van der Waals surface area contributed by atoms with Gasteiger partial charge in [0.05, 0.1) is 6.04 Å². The van der Waals surface area contributed by atoms with E-state index < -0.39 is 0 Å². The first-order valence-electron chi connectivity index (χ1n) is 6.62. The van der Waals surface area contributed by atoms with Crippen LogP contribution in [0.2, 0.25) is 0 Å². The Bertz CT molecular complexity index is 401. The second-order valence-corrected chi connectivity index (χ2v) is 4.75. The van der Waals surface area contributed by atoms with Gasteiger partial charge in [-0.05, 0) is 43.9 Å². The lowest BCUT2D eigenvalue weighted by atomic mass is 10.0. The standard InChI is InChI=1S/C15H24N2O/c1-5-9-16-15(18)13(4)17-10-14-8-6-7-11(2)12(14)3/h6-8,13,17H,5,9-10H2,1-4H3,(H,16,18). The average Bonchev–Trinajstić information content (AvgIpc) is 2.37. The fraction of sp³-hybridized carbons (Fsp3) is 0.533. The highest BCUT2D eigenvalue weighted by atomic mass is 16.2. The van der Waals surface area contributed by atoms with Crippen molar-refractivity contribution in [1.29, 1.82) is 0 Å². The SMILES string of the molecule is CCCNC(=O)C(C)NCc1cccc(C)c1C. The van der Waals surface area contributed by atoms with Crippen LogP contribution in [0, 0.1) is 13.8 Å². The lowest BCUT2D eigenvalue weighted by molar-refractivity contribution is -0.122. The normalized spacial score (nSPS) is 12.2. The summed E-state index contributed by atoms with van der Waals surface area (Å²) in [5.74, 6) is 0.0714. The Labute approximate surface area is 110 Å². The van der Waals surface area contributed by atoms with Crippen molar-refractivity contribution < 1.29 is 4.79 Å². The first-order chi connectivity index (χ1) is 8.56. The summed E-state index contributed by atoms with van der Waals surface area (Å²) >= 11 is 0. The lowest BCUT2D eigenvalue weighted by Gasteiger charge is -2.15. The quantitative estimate of drug-likeness (QED) is 0.811. The van der Waals surface area contributed by atoms with E-state index in [-0.39, 0.29) is 11.9 Å². The maximum atomic E-state index is 11.7. The number of nitrogens with one attached hydrogen (secondary N) is 2. The molecule has 0 bridgehead atoms. The van der Waals surface area contributed by atoms with Crippen LogP contribution in [0.3, 0.4) is 0 Å². The van der Waals surface area contributed by atoms with Crippen molar-refractivity contribution in [3.63, 3.8) is 0 Å². The molecule has 0 spiro atoms. The van der Waals surface area contributed by atoms with E-state index in [0.717, 1.165) is 19.5 Å². The maximum absolute atomic E-state index is 11.7. The van der Waals surface area contributed by atoms with Gasteiger partial charge in [0.25, 0.3) is 0 Å². The zero-order valence-corrected chi connectivity index (χ0v) is 11.8. The Morgan fingerprint density at radius 3 is 2.72 bits per heavy atom. The Balaban J connectivity index is 2.49. The predicted octanol–water partition coefficient (Wildman–Crippen LogP) is 2.31. The molecule has 1 aromatic carbocycles. The third kappa shape index (κ3) is 4.15. The van der Waals surface area contributed by atoms with Crippen LogP contribution in [0.25, 0.3) is 0 Å². The second kappa shape index (κ2) is 7.17. The number of carbonyl (C=O) groups excluding carboxylic acids is 1. The molecule has 100 valence electrons. The van der Waals surface area contributed by atoms with Crippen molar-refractivity contribution >= 4 is 5.91 Å². The molecule has 0 heterocycles. The van der Waals surface area contributed by atoms with Gasteiger partial charge in [0, 0.05) is 13.1 Å². The van der Waals surface area contributed by atoms with Gasteiger partial charge < -0.3 is 10.6 Å². The molecule has 1 atom stereocenters. The minimum absolute atomic E-state index is 0.0714. The van der Waals surface area contributed by atoms with Crippen LogP contribution in [0.4, 0.5) is 0 Å². The molecular weight excluding hydrogens is 224 g/mol. The summed E-state index contributed by atoms with van der Waals surface area (Å²) in [5, 5.41) is 6.16. The molecule has 1 unspecified atom stereocenters. The number of hydrogen-bond acceptors (Lipinski definition) is 2. The molecule has 3 nitrogen and oxygen atoms in total. The van der Waals surface area contributed by atoms with Crippen LogP contribution in [0.1, 0.15) is 37.0 Å². The summed E-state index contributed by atoms with van der Waals surface area (Å²) in [6.45, 7) is 9.65. The lowest BCUT2D eigenvalue weighted by Crippen LogP contribution is -2.42. The van der Waals surface area contributed by atoms with Crippen LogP contribution < -0.4 is 10.6 Å². The highest BCUT2D eigenvalue weighted by molar-refractivity contribution is 5.81. The van der Waals surface area contributed by atoms with Gasteiger partial charge in [0.2, 0.25) is 5.91 Å². The summed E-state index contributed by atoms with van der Waals surface area (Å²) in [7, 11) is 0. The largest absolute Gasteiger partial charge is 0.355 e. The zero-order chi connectivity index (χ0) is 13.5. The summed E-state index contributed by atoms with van der Waals surface area (Å²) < 4.78 is 0. The predicted molar refractivity (Wildman–Crippen MR) is 75.5 cm³/mol. The molecule has 3 heteroatoms. The molecular formula is C15H24N2O. The molecule has 0 saturated heterocycles. The number of benzene rings is 1. The van der Waals surface area contributed by atoms with Gasteiger partial charge in [-0.3, -0.25) is 4.79 Å². The van der Waals surface area contributed by atoms with E-state index in [1.54, 1.807) is 0 Å². The molecule has 1 amide bonds. The van der Waals surface area contributed by atoms with Crippen molar-refractivity contribution in [1.82, 2.24) is 10.6 Å². The molecule has 18 heavy (non-hydrogen) atoms. The highest BCUT2D eigenvalue weighted by Gasteiger charge is 2.11. The number of rotatable bonds is 6. The summed E-state index contributed by atoms with van der Waals surface area (Å²) in [6, 6.07) is 6.11. The van der Waals surface area contributed by atoms with E-state index in [1.807, 2.05) is 6.92 Å². The molecule has 0 aromatic heterocycles. The highest BCUT2D eigenvalue weighted by Crippen LogP contribution is 2.12. The van der Waals surface area contributed by atoms with E-state index in [9.17, 15) is 4.79 Å². The van der Waals surface area contributed by atoms with Gasteiger partial charge in [0.1, 0.15) is 0 Å². The number of carbonyl (C=O) groups is 1. The Hall–Kier alpha value is -1.35. The topological polar surface area (TPSA) is 41.1 Å². The van der Waals surface area contributed by atoms with E-state index in [2.05, 4.69) is 49.6 Å². The smallest absolute Gasteiger partial charge is 0.236 e. The van der Waals surface area contributed by atoms with E-state index in [1.165, 1.54) is 16.7 Å². The zero-order valence-electron chi connectivity index (χ0n) is 11.8. The molecule has 0 saturated carbocycles. The number of aryl methyl sites for hydroxylation is 1. The van der Waals surface area contributed by atoms with Crippen LogP contribution in [-0.2, 0) is 11.3 Å². The fourth-order valence-electron chi connectivity index (χ4n) is 1.76. The first-order valence-corrected chi connectivity index (χ1v) is 6.62. The number of hydrogen-bond donors (Lipinski definition) is 2. The van der Waals surface area contributed by atoms with Gasteiger partial charge in [-0.1, -0.05) is 25.1 Å². The van der Waals surface area contributed by atoms with Gasteiger partial charge >= 0.3 is 0 Å². The summed E-state index contributed by atoms with van der Waals surface area (Å²) in [6.07, 6.45) is 0.968. The molecule has 0 aliphatic carbocycles. The monoisotopic (exact) mass is 248 g/mol. The van der Waals surface area contributed by atoms with Crippen molar-refractivity contribution in [3.8, 4) is 0 Å². The fourth-order valence-corrected chi connectivity index (χ4v) is 1.76. The van der Waals surface area contributed by atoms with E-state index >= 15 is 0 Å². The van der Waals surface area contributed by atoms with Crippen molar-refractivity contribution in [2.45, 2.75) is 46.7 Å². The van der Waals surface area contributed by atoms with Gasteiger partial charge in [-0.25, -0.2) is 0 Å². The average molecular weight is 248 g/mol. The minimum atomic E-state index is -0.156. The van der Waals surface area contributed by atoms with Crippen LogP contribution >= 0.6 is 0 Å². The van der Waals surface area contributed by atoms with E-state index in [0.29, 0.717) is 0 Å². The molecule has 0 fully saturated rings. The maximum Gasteiger partial charge on any atom is 0.236 e. The Morgan fingerprint density at radius 1 is 1.33 bits per heavy atom. The van der Waals surface area contributed by atoms with Crippen LogP contribution in [0.15, 0.2) is 18.2 Å². The molecule has 1 rings (SSSR count). The third-order valence-corrected chi connectivity index (χ3v) is 3.26. The first kappa shape index (κ1) is 14.7. The molecule has 0 aliphatic rings.